The molecule has 4 heteroatoms. The van der Waals surface area contributed by atoms with Crippen LogP contribution in [0.5, 0.6) is 0 Å². The summed E-state index contributed by atoms with van der Waals surface area (Å²) in [6.07, 6.45) is 4.44. The van der Waals surface area contributed by atoms with Gasteiger partial charge < -0.3 is 14.3 Å². The van der Waals surface area contributed by atoms with E-state index in [1.807, 2.05) is 6.92 Å². The largest absolute Gasteiger partial charge is 0.413 e. The van der Waals surface area contributed by atoms with Crippen molar-refractivity contribution >= 4 is 8.32 Å². The van der Waals surface area contributed by atoms with E-state index in [-0.39, 0.29) is 23.4 Å². The van der Waals surface area contributed by atoms with Crippen LogP contribution in [0.25, 0.3) is 0 Å². The SMILES string of the molecule is C/C(=C\CC[C@@H]1O[C@]1(C)CO)CO[Si](C)(C)C(C)(C)C. The van der Waals surface area contributed by atoms with E-state index in [2.05, 4.69) is 46.9 Å². The van der Waals surface area contributed by atoms with Gasteiger partial charge in [-0.3, -0.25) is 0 Å². The van der Waals surface area contributed by atoms with Gasteiger partial charge in [-0.2, -0.15) is 0 Å². The molecule has 0 spiro atoms. The third-order valence-electron chi connectivity index (χ3n) is 4.74. The van der Waals surface area contributed by atoms with Crippen molar-refractivity contribution in [2.24, 2.45) is 0 Å². The van der Waals surface area contributed by atoms with Gasteiger partial charge in [0.25, 0.3) is 0 Å². The van der Waals surface area contributed by atoms with Gasteiger partial charge in [-0.15, -0.1) is 0 Å². The average molecular weight is 301 g/mol. The summed E-state index contributed by atoms with van der Waals surface area (Å²) in [5.41, 5.74) is 1.01. The van der Waals surface area contributed by atoms with Crippen molar-refractivity contribution in [3.63, 3.8) is 0 Å². The highest BCUT2D eigenvalue weighted by Gasteiger charge is 2.50. The second-order valence-corrected chi connectivity index (χ2v) is 12.6. The minimum Gasteiger partial charge on any atom is -0.413 e. The van der Waals surface area contributed by atoms with Gasteiger partial charge in [0.15, 0.2) is 8.32 Å². The first-order valence-electron chi connectivity index (χ1n) is 7.60. The third kappa shape index (κ3) is 4.69. The number of rotatable bonds is 7. The molecule has 1 N–H and O–H groups in total. The van der Waals surface area contributed by atoms with Crippen LogP contribution in [0.1, 0.15) is 47.5 Å². The smallest absolute Gasteiger partial charge is 0.192 e. The van der Waals surface area contributed by atoms with Crippen LogP contribution in [0.2, 0.25) is 18.1 Å². The predicted octanol–water partition coefficient (Wildman–Crippen LogP) is 3.88. The average Bonchev–Trinajstić information content (AvgIpc) is 2.97. The second-order valence-electron chi connectivity index (χ2n) is 7.75. The molecule has 1 aliphatic rings. The van der Waals surface area contributed by atoms with E-state index in [1.54, 1.807) is 0 Å². The van der Waals surface area contributed by atoms with Crippen molar-refractivity contribution in [1.82, 2.24) is 0 Å². The highest BCUT2D eigenvalue weighted by Crippen LogP contribution is 2.39. The Morgan fingerprint density at radius 3 is 2.45 bits per heavy atom. The van der Waals surface area contributed by atoms with Gasteiger partial charge >= 0.3 is 0 Å². The number of epoxide rings is 1. The molecule has 1 rings (SSSR count). The van der Waals surface area contributed by atoms with E-state index >= 15 is 0 Å². The molecule has 0 aromatic carbocycles. The Hall–Kier alpha value is -0.163. The molecule has 118 valence electrons. The Morgan fingerprint density at radius 1 is 1.40 bits per heavy atom. The third-order valence-corrected chi connectivity index (χ3v) is 9.22. The maximum atomic E-state index is 9.14. The molecule has 3 nitrogen and oxygen atoms in total. The lowest BCUT2D eigenvalue weighted by Gasteiger charge is -2.36. The van der Waals surface area contributed by atoms with Crippen LogP contribution in [-0.2, 0) is 9.16 Å². The fraction of sp³-hybridized carbons (Fsp3) is 0.875. The fourth-order valence-corrected chi connectivity index (χ4v) is 2.87. The van der Waals surface area contributed by atoms with Crippen molar-refractivity contribution in [1.29, 1.82) is 0 Å². The van der Waals surface area contributed by atoms with Gasteiger partial charge in [0.2, 0.25) is 0 Å². The van der Waals surface area contributed by atoms with Crippen LogP contribution in [0, 0.1) is 0 Å². The van der Waals surface area contributed by atoms with Crippen molar-refractivity contribution in [2.75, 3.05) is 13.2 Å². The van der Waals surface area contributed by atoms with E-state index in [0.717, 1.165) is 19.4 Å². The first-order chi connectivity index (χ1) is 9.02. The highest BCUT2D eigenvalue weighted by atomic mass is 28.4. The first-order valence-corrected chi connectivity index (χ1v) is 10.5. The number of hydrogen-bond donors (Lipinski definition) is 1. The Balaban J connectivity index is 2.30. The highest BCUT2D eigenvalue weighted by molar-refractivity contribution is 6.74. The summed E-state index contributed by atoms with van der Waals surface area (Å²) in [6, 6.07) is 0. The van der Waals surface area contributed by atoms with Crippen LogP contribution < -0.4 is 0 Å². The van der Waals surface area contributed by atoms with Crippen LogP contribution in [-0.4, -0.2) is 38.3 Å². The van der Waals surface area contributed by atoms with Crippen molar-refractivity contribution < 1.29 is 14.3 Å². The molecule has 2 atom stereocenters. The molecule has 1 aliphatic heterocycles. The summed E-state index contributed by atoms with van der Waals surface area (Å²) >= 11 is 0. The van der Waals surface area contributed by atoms with Gasteiger partial charge in [-0.1, -0.05) is 32.4 Å². The lowest BCUT2D eigenvalue weighted by atomic mass is 10.0. The maximum absolute atomic E-state index is 9.14. The number of allylic oxidation sites excluding steroid dienone is 1. The van der Waals surface area contributed by atoms with E-state index in [1.165, 1.54) is 5.57 Å². The monoisotopic (exact) mass is 300 g/mol. The number of aliphatic hydroxyl groups is 1. The number of ether oxygens (including phenoxy) is 1. The van der Waals surface area contributed by atoms with Crippen LogP contribution in [0.3, 0.4) is 0 Å². The topological polar surface area (TPSA) is 42.0 Å². The zero-order valence-electron chi connectivity index (χ0n) is 14.2. The van der Waals surface area contributed by atoms with E-state index < -0.39 is 8.32 Å². The molecule has 1 saturated heterocycles. The molecule has 0 aromatic rings. The Kier molecular flexibility index (Phi) is 5.64. The fourth-order valence-electron chi connectivity index (χ4n) is 1.85. The van der Waals surface area contributed by atoms with Crippen LogP contribution in [0.15, 0.2) is 11.6 Å². The molecular formula is C16H32O3Si. The minimum atomic E-state index is -1.64. The van der Waals surface area contributed by atoms with Crippen molar-refractivity contribution in [3.05, 3.63) is 11.6 Å². The Labute approximate surface area is 125 Å². The number of hydrogen-bond acceptors (Lipinski definition) is 3. The minimum absolute atomic E-state index is 0.120. The van der Waals surface area contributed by atoms with Crippen molar-refractivity contribution in [2.45, 2.75) is 77.3 Å². The predicted molar refractivity (Wildman–Crippen MR) is 86.5 cm³/mol. The zero-order valence-corrected chi connectivity index (χ0v) is 15.2. The molecule has 0 aliphatic carbocycles. The summed E-state index contributed by atoms with van der Waals surface area (Å²) in [6.45, 7) is 16.3. The Bertz CT molecular complexity index is 357. The van der Waals surface area contributed by atoms with Gasteiger partial charge in [-0.25, -0.2) is 0 Å². The summed E-state index contributed by atoms with van der Waals surface area (Å²) in [5.74, 6) is 0. The number of aliphatic hydroxyl groups excluding tert-OH is 1. The molecular weight excluding hydrogens is 268 g/mol. The molecule has 0 bridgehead atoms. The van der Waals surface area contributed by atoms with E-state index in [9.17, 15) is 0 Å². The molecule has 1 heterocycles. The molecule has 20 heavy (non-hydrogen) atoms. The van der Waals surface area contributed by atoms with Gasteiger partial charge in [0.1, 0.15) is 5.60 Å². The van der Waals surface area contributed by atoms with E-state index in [4.69, 9.17) is 14.3 Å². The maximum Gasteiger partial charge on any atom is 0.192 e. The lowest BCUT2D eigenvalue weighted by Crippen LogP contribution is -2.41. The lowest BCUT2D eigenvalue weighted by molar-refractivity contribution is 0.184. The molecule has 1 fully saturated rings. The van der Waals surface area contributed by atoms with Gasteiger partial charge in [-0.05, 0) is 44.8 Å². The summed E-state index contributed by atoms with van der Waals surface area (Å²) in [4.78, 5) is 0. The molecule has 0 unspecified atom stereocenters. The molecule has 0 aromatic heterocycles. The zero-order chi connectivity index (χ0) is 15.6. The molecule has 0 amide bonds. The summed E-state index contributed by atoms with van der Waals surface area (Å²) in [7, 11) is -1.64. The molecule has 0 radical (unpaired) electrons. The van der Waals surface area contributed by atoms with Crippen LogP contribution >= 0.6 is 0 Å². The Morgan fingerprint density at radius 2 is 2.00 bits per heavy atom. The van der Waals surface area contributed by atoms with Gasteiger partial charge in [0, 0.05) is 0 Å². The quantitative estimate of drug-likeness (QED) is 0.441. The van der Waals surface area contributed by atoms with Crippen molar-refractivity contribution in [3.8, 4) is 0 Å². The standard InChI is InChI=1S/C16H32O3Si/c1-13(11-18-20(6,7)15(2,3)4)9-8-10-14-16(5,12-17)19-14/h9,14,17H,8,10-12H2,1-7H3/b13-9+/t14-,16+/m0/s1. The summed E-state index contributed by atoms with van der Waals surface area (Å²) in [5, 5.41) is 9.40. The van der Waals surface area contributed by atoms with E-state index in [0.29, 0.717) is 0 Å². The summed E-state index contributed by atoms with van der Waals surface area (Å²) < 4.78 is 11.7. The normalized spacial score (nSPS) is 27.8. The first kappa shape index (κ1) is 17.9. The van der Waals surface area contributed by atoms with Gasteiger partial charge in [0.05, 0.1) is 19.3 Å². The molecule has 0 saturated carbocycles. The second kappa shape index (κ2) is 6.30. The van der Waals surface area contributed by atoms with Crippen LogP contribution in [0.4, 0.5) is 0 Å².